The van der Waals surface area contributed by atoms with Crippen molar-refractivity contribution in [3.8, 4) is 41.2 Å². The molecule has 3 aliphatic rings. The smallest absolute Gasteiger partial charge is 0.319 e. The van der Waals surface area contributed by atoms with Crippen molar-refractivity contribution < 1.29 is 27.8 Å². The molecule has 7 rings (SSSR count). The number of nitrogens with one attached hydrogen (secondary N) is 1. The van der Waals surface area contributed by atoms with Crippen molar-refractivity contribution in [1.29, 1.82) is 0 Å². The summed E-state index contributed by atoms with van der Waals surface area (Å²) in [6.45, 7) is 5.33. The van der Waals surface area contributed by atoms with Crippen LogP contribution in [0.3, 0.4) is 0 Å². The molecule has 3 saturated heterocycles. The number of anilines is 1. The van der Waals surface area contributed by atoms with Crippen LogP contribution in [0.2, 0.25) is 0 Å². The molecule has 2 N–H and O–H groups in total. The summed E-state index contributed by atoms with van der Waals surface area (Å²) in [6.07, 6.45) is 6.73. The standard InChI is InChI=1S/C34H35F3N6O3/c1-5-24-26(36)9-6-18-10-23(44)12-25(27(18)24)30-29(37)31-28(33(39-30)46-17(2)3)32(43-14-20-7-8-21(15-43)38-20)41-34(40-31)45-16-22-11-19(35)13-42(22)4/h1,6,9-10,12,17,19-22,38,44H,7-8,11,13-16H2,2-4H3/t19-,20?,21?,22+/m1/s1. The predicted octanol–water partition coefficient (Wildman–Crippen LogP) is 4.96. The van der Waals surface area contributed by atoms with E-state index in [2.05, 4.69) is 26.1 Å². The molecule has 9 nitrogen and oxygen atoms in total. The number of likely N-dealkylation sites (N-methyl/N-ethyl adjacent to an activating group) is 1. The van der Waals surface area contributed by atoms with Crippen LogP contribution in [0.1, 0.15) is 38.7 Å². The van der Waals surface area contributed by atoms with Crippen LogP contribution in [-0.2, 0) is 0 Å². The highest BCUT2D eigenvalue weighted by atomic mass is 19.1. The van der Waals surface area contributed by atoms with E-state index in [4.69, 9.17) is 20.9 Å². The Kier molecular flexibility index (Phi) is 7.77. The quantitative estimate of drug-likeness (QED) is 0.274. The molecule has 0 saturated carbocycles. The number of hydrogen-bond donors (Lipinski definition) is 2. The van der Waals surface area contributed by atoms with E-state index in [1.807, 2.05) is 25.8 Å². The van der Waals surface area contributed by atoms with Gasteiger partial charge in [-0.05, 0) is 63.7 Å². The average Bonchev–Trinajstić information content (AvgIpc) is 3.53. The molecule has 0 spiro atoms. The third kappa shape index (κ3) is 5.41. The summed E-state index contributed by atoms with van der Waals surface area (Å²) in [5.41, 5.74) is -0.335. The third-order valence-electron chi connectivity index (χ3n) is 9.07. The molecule has 5 heterocycles. The van der Waals surface area contributed by atoms with Gasteiger partial charge in [-0.15, -0.1) is 6.42 Å². The SMILES string of the molecule is C#Cc1c(F)ccc2cc(O)cc(-c3nc(OC(C)C)c4c(N5CC6CCC(C5)N6)nc(OC[C@@H]5C[C@@H](F)CN5C)nc4c3F)c12. The largest absolute Gasteiger partial charge is 0.508 e. The Morgan fingerprint density at radius 2 is 1.85 bits per heavy atom. The number of aromatic nitrogens is 3. The highest BCUT2D eigenvalue weighted by Crippen LogP contribution is 2.43. The fourth-order valence-corrected chi connectivity index (χ4v) is 6.98. The lowest BCUT2D eigenvalue weighted by Crippen LogP contribution is -2.51. The Balaban J connectivity index is 1.46. The fourth-order valence-electron chi connectivity index (χ4n) is 6.98. The molecular formula is C34H35F3N6O3. The van der Waals surface area contributed by atoms with Crippen LogP contribution in [0.15, 0.2) is 24.3 Å². The molecule has 46 heavy (non-hydrogen) atoms. The van der Waals surface area contributed by atoms with Crippen LogP contribution in [0.5, 0.6) is 17.6 Å². The van der Waals surface area contributed by atoms with Crippen LogP contribution < -0.4 is 19.7 Å². The maximum atomic E-state index is 17.0. The van der Waals surface area contributed by atoms with Crippen molar-refractivity contribution in [2.24, 2.45) is 0 Å². The number of rotatable bonds is 7. The lowest BCUT2D eigenvalue weighted by atomic mass is 9.95. The number of hydrogen-bond acceptors (Lipinski definition) is 9. The average molecular weight is 633 g/mol. The van der Waals surface area contributed by atoms with E-state index in [1.165, 1.54) is 24.3 Å². The number of fused-ring (bicyclic) bond motifs is 4. The van der Waals surface area contributed by atoms with Gasteiger partial charge < -0.3 is 24.8 Å². The van der Waals surface area contributed by atoms with Crippen molar-refractivity contribution in [2.45, 2.75) is 63.5 Å². The normalized spacial score (nSPS) is 23.0. The minimum Gasteiger partial charge on any atom is -0.508 e. The number of halogens is 3. The number of terminal acetylenes is 1. The topological polar surface area (TPSA) is 95.9 Å². The van der Waals surface area contributed by atoms with E-state index < -0.39 is 17.8 Å². The molecular weight excluding hydrogens is 597 g/mol. The van der Waals surface area contributed by atoms with Crippen LogP contribution in [0, 0.1) is 24.0 Å². The minimum atomic E-state index is -0.959. The first-order valence-electron chi connectivity index (χ1n) is 15.6. The molecule has 240 valence electrons. The number of pyridine rings is 1. The van der Waals surface area contributed by atoms with Gasteiger partial charge >= 0.3 is 6.01 Å². The molecule has 0 amide bonds. The van der Waals surface area contributed by atoms with E-state index in [-0.39, 0.29) is 81.6 Å². The summed E-state index contributed by atoms with van der Waals surface area (Å²) in [6, 6.07) is 5.62. The number of benzene rings is 2. The molecule has 0 radical (unpaired) electrons. The van der Waals surface area contributed by atoms with Crippen LogP contribution >= 0.6 is 0 Å². The third-order valence-corrected chi connectivity index (χ3v) is 9.07. The van der Waals surface area contributed by atoms with Crippen molar-refractivity contribution in [3.05, 3.63) is 41.5 Å². The molecule has 2 bridgehead atoms. The Morgan fingerprint density at radius 1 is 1.09 bits per heavy atom. The van der Waals surface area contributed by atoms with Gasteiger partial charge in [0.05, 0.1) is 11.7 Å². The summed E-state index contributed by atoms with van der Waals surface area (Å²) < 4.78 is 58.4. The number of aromatic hydroxyl groups is 1. The number of nitrogens with zero attached hydrogens (tertiary/aromatic N) is 5. The lowest BCUT2D eigenvalue weighted by molar-refractivity contribution is 0.188. The van der Waals surface area contributed by atoms with E-state index >= 15 is 4.39 Å². The van der Waals surface area contributed by atoms with E-state index in [1.54, 1.807) is 0 Å². The van der Waals surface area contributed by atoms with Gasteiger partial charge in [-0.1, -0.05) is 12.0 Å². The first-order valence-corrected chi connectivity index (χ1v) is 15.6. The molecule has 2 aromatic carbocycles. The van der Waals surface area contributed by atoms with Crippen LogP contribution in [0.25, 0.3) is 32.9 Å². The number of ether oxygens (including phenoxy) is 2. The fraction of sp³-hybridized carbons (Fsp3) is 0.441. The van der Waals surface area contributed by atoms with Gasteiger partial charge in [-0.2, -0.15) is 9.97 Å². The van der Waals surface area contributed by atoms with Gasteiger partial charge in [0.15, 0.2) is 5.82 Å². The number of alkyl halides is 1. The molecule has 3 aliphatic heterocycles. The number of phenols is 1. The van der Waals surface area contributed by atoms with Crippen LogP contribution in [-0.4, -0.2) is 88.6 Å². The first kappa shape index (κ1) is 30.3. The molecule has 4 atom stereocenters. The molecule has 2 aromatic heterocycles. The zero-order chi connectivity index (χ0) is 32.3. The summed E-state index contributed by atoms with van der Waals surface area (Å²) >= 11 is 0. The van der Waals surface area contributed by atoms with E-state index in [0.717, 1.165) is 12.8 Å². The number of piperazine rings is 1. The Labute approximate surface area is 264 Å². The summed E-state index contributed by atoms with van der Waals surface area (Å²) in [5.74, 6) is 1.20. The van der Waals surface area contributed by atoms with Crippen molar-refractivity contribution >= 4 is 27.5 Å². The van der Waals surface area contributed by atoms with E-state index in [0.29, 0.717) is 37.3 Å². The van der Waals surface area contributed by atoms with Gasteiger partial charge in [0, 0.05) is 48.7 Å². The molecule has 4 aromatic rings. The van der Waals surface area contributed by atoms with Gasteiger partial charge in [-0.25, -0.2) is 18.2 Å². The monoisotopic (exact) mass is 632 g/mol. The zero-order valence-electron chi connectivity index (χ0n) is 25.9. The first-order chi connectivity index (χ1) is 22.1. The second-order valence-corrected chi connectivity index (χ2v) is 12.7. The molecule has 3 fully saturated rings. The van der Waals surface area contributed by atoms with Crippen molar-refractivity contribution in [2.75, 3.05) is 38.2 Å². The second kappa shape index (κ2) is 11.8. The summed E-state index contributed by atoms with van der Waals surface area (Å²) in [4.78, 5) is 18.0. The second-order valence-electron chi connectivity index (χ2n) is 12.7. The number of likely N-dealkylation sites (tertiary alicyclic amines) is 1. The minimum absolute atomic E-state index is 0.0632. The molecule has 12 heteroatoms. The maximum Gasteiger partial charge on any atom is 0.319 e. The van der Waals surface area contributed by atoms with Crippen molar-refractivity contribution in [3.63, 3.8) is 0 Å². The van der Waals surface area contributed by atoms with E-state index in [9.17, 15) is 13.9 Å². The van der Waals surface area contributed by atoms with Gasteiger partial charge in [0.1, 0.15) is 46.8 Å². The highest BCUT2D eigenvalue weighted by Gasteiger charge is 2.36. The zero-order valence-corrected chi connectivity index (χ0v) is 25.9. The van der Waals surface area contributed by atoms with Crippen LogP contribution in [0.4, 0.5) is 19.0 Å². The summed E-state index contributed by atoms with van der Waals surface area (Å²) in [7, 11) is 1.83. The molecule has 2 unspecified atom stereocenters. The van der Waals surface area contributed by atoms with Gasteiger partial charge in [0.25, 0.3) is 0 Å². The van der Waals surface area contributed by atoms with Gasteiger partial charge in [0.2, 0.25) is 5.88 Å². The number of phenolic OH excluding ortho intramolecular Hbond substituents is 1. The Bertz CT molecular complexity index is 1870. The Hall–Kier alpha value is -4.34. The highest BCUT2D eigenvalue weighted by molar-refractivity contribution is 6.04. The van der Waals surface area contributed by atoms with Gasteiger partial charge in [-0.3, -0.25) is 4.90 Å². The van der Waals surface area contributed by atoms with Crippen molar-refractivity contribution in [1.82, 2.24) is 25.2 Å². The predicted molar refractivity (Wildman–Crippen MR) is 169 cm³/mol. The maximum absolute atomic E-state index is 17.0. The summed E-state index contributed by atoms with van der Waals surface area (Å²) in [5, 5.41) is 15.1. The lowest BCUT2D eigenvalue weighted by Gasteiger charge is -2.34. The Morgan fingerprint density at radius 3 is 2.52 bits per heavy atom. The molecule has 0 aliphatic carbocycles.